The number of nitrogens with zero attached hydrogens (tertiary/aromatic N) is 2. The number of amides is 1. The van der Waals surface area contributed by atoms with Gasteiger partial charge in [-0.15, -0.1) is 0 Å². The maximum Gasteiger partial charge on any atom is 0.376 e. The molecule has 6 nitrogen and oxygen atoms in total. The molecular formula is C7H7N3O3. The highest BCUT2D eigenvalue weighted by Gasteiger charge is 2.07. The molecule has 1 heterocycles. The van der Waals surface area contributed by atoms with Gasteiger partial charge < -0.3 is 10.1 Å². The van der Waals surface area contributed by atoms with Crippen LogP contribution in [-0.4, -0.2) is 29.5 Å². The van der Waals surface area contributed by atoms with Crippen LogP contribution in [-0.2, 0) is 9.53 Å². The third-order valence-corrected chi connectivity index (χ3v) is 1.25. The van der Waals surface area contributed by atoms with Crippen molar-refractivity contribution in [3.8, 4) is 0 Å². The Morgan fingerprint density at radius 1 is 1.54 bits per heavy atom. The Morgan fingerprint density at radius 3 is 2.62 bits per heavy atom. The summed E-state index contributed by atoms with van der Waals surface area (Å²) in [4.78, 5) is 28.2. The molecule has 68 valence electrons. The van der Waals surface area contributed by atoms with Crippen LogP contribution in [0, 0.1) is 0 Å². The maximum absolute atomic E-state index is 10.8. The van der Waals surface area contributed by atoms with E-state index in [2.05, 4.69) is 20.0 Å². The van der Waals surface area contributed by atoms with Gasteiger partial charge in [0.1, 0.15) is 0 Å². The molecular weight excluding hydrogens is 174 g/mol. The Kier molecular flexibility index (Phi) is 2.91. The number of nitrogens with one attached hydrogen (secondary N) is 1. The van der Waals surface area contributed by atoms with Crippen LogP contribution < -0.4 is 5.32 Å². The second-order valence-corrected chi connectivity index (χ2v) is 2.05. The topological polar surface area (TPSA) is 81.2 Å². The number of aromatic nitrogens is 2. The van der Waals surface area contributed by atoms with Crippen LogP contribution >= 0.6 is 0 Å². The second-order valence-electron chi connectivity index (χ2n) is 2.05. The third kappa shape index (κ3) is 2.22. The molecule has 13 heavy (non-hydrogen) atoms. The van der Waals surface area contributed by atoms with E-state index in [1.165, 1.54) is 19.5 Å². The zero-order chi connectivity index (χ0) is 9.68. The van der Waals surface area contributed by atoms with Crippen molar-refractivity contribution in [1.29, 1.82) is 0 Å². The predicted molar refractivity (Wildman–Crippen MR) is 43.1 cm³/mol. The standard InChI is InChI=1S/C7H7N3O3/c1-13-7(12)6-8-2-5(3-9-6)10-4-11/h2-4H,1H3,(H,10,11). The highest BCUT2D eigenvalue weighted by molar-refractivity contribution is 5.85. The molecule has 0 aliphatic rings. The average Bonchev–Trinajstić information content (AvgIpc) is 2.18. The normalized spacial score (nSPS) is 9.00. The van der Waals surface area contributed by atoms with Crippen molar-refractivity contribution in [2.24, 2.45) is 0 Å². The van der Waals surface area contributed by atoms with Crippen LogP contribution in [0.2, 0.25) is 0 Å². The minimum atomic E-state index is -0.613. The van der Waals surface area contributed by atoms with Crippen LogP contribution in [0.3, 0.4) is 0 Å². The fourth-order valence-electron chi connectivity index (χ4n) is 0.667. The maximum atomic E-state index is 10.8. The second kappa shape index (κ2) is 4.15. The summed E-state index contributed by atoms with van der Waals surface area (Å²) in [6, 6.07) is 0. The van der Waals surface area contributed by atoms with Crippen molar-refractivity contribution < 1.29 is 14.3 Å². The van der Waals surface area contributed by atoms with Gasteiger partial charge in [-0.25, -0.2) is 14.8 Å². The molecule has 0 spiro atoms. The molecule has 0 saturated carbocycles. The largest absolute Gasteiger partial charge is 0.463 e. The smallest absolute Gasteiger partial charge is 0.376 e. The number of esters is 1. The fraction of sp³-hybridized carbons (Fsp3) is 0.143. The van der Waals surface area contributed by atoms with Gasteiger partial charge in [0, 0.05) is 0 Å². The van der Waals surface area contributed by atoms with Crippen molar-refractivity contribution in [2.75, 3.05) is 12.4 Å². The van der Waals surface area contributed by atoms with Crippen molar-refractivity contribution >= 4 is 18.1 Å². The lowest BCUT2D eigenvalue weighted by molar-refractivity contribution is -0.105. The lowest BCUT2D eigenvalue weighted by atomic mass is 10.5. The molecule has 0 saturated heterocycles. The molecule has 1 aromatic rings. The molecule has 0 radical (unpaired) electrons. The molecule has 6 heteroatoms. The van der Waals surface area contributed by atoms with Gasteiger partial charge in [0.05, 0.1) is 25.2 Å². The van der Waals surface area contributed by atoms with Gasteiger partial charge in [-0.05, 0) is 0 Å². The Labute approximate surface area is 74.0 Å². The number of carbonyl (C=O) groups excluding carboxylic acids is 2. The molecule has 0 unspecified atom stereocenters. The molecule has 1 rings (SSSR count). The van der Waals surface area contributed by atoms with Crippen LogP contribution in [0.1, 0.15) is 10.6 Å². The molecule has 0 aliphatic carbocycles. The van der Waals surface area contributed by atoms with Gasteiger partial charge in [0.15, 0.2) is 0 Å². The van der Waals surface area contributed by atoms with Crippen molar-refractivity contribution in [1.82, 2.24) is 9.97 Å². The van der Waals surface area contributed by atoms with Gasteiger partial charge in [-0.2, -0.15) is 0 Å². The molecule has 0 aliphatic heterocycles. The number of anilines is 1. The van der Waals surface area contributed by atoms with Gasteiger partial charge in [0.2, 0.25) is 12.2 Å². The molecule has 1 N–H and O–H groups in total. The molecule has 0 aromatic carbocycles. The Hall–Kier alpha value is -1.98. The van der Waals surface area contributed by atoms with Crippen LogP contribution in [0.4, 0.5) is 5.69 Å². The summed E-state index contributed by atoms with van der Waals surface area (Å²) in [5, 5.41) is 2.33. The van der Waals surface area contributed by atoms with E-state index in [1.807, 2.05) is 0 Å². The van der Waals surface area contributed by atoms with Crippen molar-refractivity contribution in [2.45, 2.75) is 0 Å². The van der Waals surface area contributed by atoms with E-state index in [-0.39, 0.29) is 5.82 Å². The summed E-state index contributed by atoms with van der Waals surface area (Å²) < 4.78 is 4.38. The van der Waals surface area contributed by atoms with Gasteiger partial charge in [0.25, 0.3) is 0 Å². The molecule has 1 amide bonds. The quantitative estimate of drug-likeness (QED) is 0.517. The summed E-state index contributed by atoms with van der Waals surface area (Å²) >= 11 is 0. The molecule has 1 aromatic heterocycles. The average molecular weight is 181 g/mol. The monoisotopic (exact) mass is 181 g/mol. The minimum absolute atomic E-state index is 0.0426. The van der Waals surface area contributed by atoms with Crippen molar-refractivity contribution in [3.05, 3.63) is 18.2 Å². The Morgan fingerprint density at radius 2 is 2.15 bits per heavy atom. The van der Waals surface area contributed by atoms with E-state index >= 15 is 0 Å². The summed E-state index contributed by atoms with van der Waals surface area (Å²) in [5.41, 5.74) is 0.419. The van der Waals surface area contributed by atoms with Gasteiger partial charge in [-0.1, -0.05) is 0 Å². The van der Waals surface area contributed by atoms with E-state index in [1.54, 1.807) is 0 Å². The fourth-order valence-corrected chi connectivity index (χ4v) is 0.667. The highest BCUT2D eigenvalue weighted by atomic mass is 16.5. The zero-order valence-electron chi connectivity index (χ0n) is 6.85. The first-order chi connectivity index (χ1) is 6.27. The third-order valence-electron chi connectivity index (χ3n) is 1.25. The highest BCUT2D eigenvalue weighted by Crippen LogP contribution is 2.01. The summed E-state index contributed by atoms with van der Waals surface area (Å²) in [6.07, 6.45) is 3.12. The van der Waals surface area contributed by atoms with Crippen LogP contribution in [0.15, 0.2) is 12.4 Å². The minimum Gasteiger partial charge on any atom is -0.463 e. The van der Waals surface area contributed by atoms with Crippen LogP contribution in [0.25, 0.3) is 0 Å². The number of carbonyl (C=O) groups is 2. The van der Waals surface area contributed by atoms with E-state index < -0.39 is 5.97 Å². The van der Waals surface area contributed by atoms with E-state index in [9.17, 15) is 9.59 Å². The number of methoxy groups -OCH3 is 1. The SMILES string of the molecule is COC(=O)c1ncc(NC=O)cn1. The first kappa shape index (κ1) is 9.11. The van der Waals surface area contributed by atoms with Gasteiger partial charge >= 0.3 is 5.97 Å². The molecule has 0 atom stereocenters. The number of rotatable bonds is 3. The van der Waals surface area contributed by atoms with Gasteiger partial charge in [-0.3, -0.25) is 4.79 Å². The number of ether oxygens (including phenoxy) is 1. The summed E-state index contributed by atoms with van der Waals surface area (Å²) in [5.74, 6) is -0.656. The Balaban J connectivity index is 2.80. The summed E-state index contributed by atoms with van der Waals surface area (Å²) in [6.45, 7) is 0. The number of hydrogen-bond acceptors (Lipinski definition) is 5. The predicted octanol–water partition coefficient (Wildman–Crippen LogP) is -0.169. The lowest BCUT2D eigenvalue weighted by Gasteiger charge is -1.98. The number of hydrogen-bond donors (Lipinski definition) is 1. The van der Waals surface area contributed by atoms with Crippen molar-refractivity contribution in [3.63, 3.8) is 0 Å². The molecule has 0 bridgehead atoms. The zero-order valence-corrected chi connectivity index (χ0v) is 6.85. The lowest BCUT2D eigenvalue weighted by Crippen LogP contribution is -2.07. The van der Waals surface area contributed by atoms with E-state index in [0.717, 1.165) is 0 Å². The Bertz CT molecular complexity index is 309. The summed E-state index contributed by atoms with van der Waals surface area (Å²) in [7, 11) is 1.24. The molecule has 0 fully saturated rings. The van der Waals surface area contributed by atoms with E-state index in [4.69, 9.17) is 0 Å². The van der Waals surface area contributed by atoms with E-state index in [0.29, 0.717) is 12.1 Å². The first-order valence-electron chi connectivity index (χ1n) is 3.38. The van der Waals surface area contributed by atoms with Crippen LogP contribution in [0.5, 0.6) is 0 Å². The first-order valence-corrected chi connectivity index (χ1v) is 3.38.